The Morgan fingerprint density at radius 2 is 1.59 bits per heavy atom. The second-order valence-corrected chi connectivity index (χ2v) is 11.1. The predicted molar refractivity (Wildman–Crippen MR) is 147 cm³/mol. The van der Waals surface area contributed by atoms with Crippen molar-refractivity contribution in [2.75, 3.05) is 17.4 Å². The first-order valence-corrected chi connectivity index (χ1v) is 13.9. The molecular weight excluding hydrogens is 533 g/mol. The van der Waals surface area contributed by atoms with E-state index in [4.69, 9.17) is 23.2 Å². The maximum Gasteiger partial charge on any atom is 0.264 e. The molecule has 0 unspecified atom stereocenters. The average molecular weight is 563 g/mol. The van der Waals surface area contributed by atoms with Gasteiger partial charge < -0.3 is 10.2 Å². The lowest BCUT2D eigenvalue weighted by Crippen LogP contribution is -2.51. The number of nitrogens with one attached hydrogen (secondary N) is 1. The van der Waals surface area contributed by atoms with E-state index in [1.165, 1.54) is 35.2 Å². The standard InChI is InChI=1S/C27H29Cl2N3O4S/c1-4-30-27(34)20(3)31(17-21-11-9-8-10-19(21)2)26(33)18-32(22-14-15-24(28)25(29)16-22)37(35,36)23-12-6-5-7-13-23/h5-16,20H,4,17-18H2,1-3H3,(H,30,34)/t20-/m0/s1. The fourth-order valence-electron chi connectivity index (χ4n) is 3.76. The first-order chi connectivity index (χ1) is 17.6. The number of amides is 2. The Hall–Kier alpha value is -3.07. The van der Waals surface area contributed by atoms with Crippen LogP contribution in [-0.4, -0.2) is 44.3 Å². The molecular formula is C27H29Cl2N3O4S. The Bertz CT molecular complexity index is 1370. The summed E-state index contributed by atoms with van der Waals surface area (Å²) in [6, 6.07) is 18.8. The maximum absolute atomic E-state index is 13.8. The van der Waals surface area contributed by atoms with Crippen LogP contribution in [0.15, 0.2) is 77.7 Å². The van der Waals surface area contributed by atoms with Gasteiger partial charge in [-0.2, -0.15) is 0 Å². The van der Waals surface area contributed by atoms with Crippen LogP contribution in [0.5, 0.6) is 0 Å². The molecule has 10 heteroatoms. The van der Waals surface area contributed by atoms with Crippen molar-refractivity contribution in [2.24, 2.45) is 0 Å². The molecule has 0 aliphatic heterocycles. The number of anilines is 1. The summed E-state index contributed by atoms with van der Waals surface area (Å²) in [6.45, 7) is 5.30. The molecule has 0 aromatic heterocycles. The van der Waals surface area contributed by atoms with Gasteiger partial charge in [0.15, 0.2) is 0 Å². The lowest BCUT2D eigenvalue weighted by Gasteiger charge is -2.32. The molecule has 1 atom stereocenters. The highest BCUT2D eigenvalue weighted by Crippen LogP contribution is 2.31. The van der Waals surface area contributed by atoms with Gasteiger partial charge >= 0.3 is 0 Å². The zero-order valence-electron chi connectivity index (χ0n) is 20.8. The van der Waals surface area contributed by atoms with Crippen LogP contribution < -0.4 is 9.62 Å². The highest BCUT2D eigenvalue weighted by atomic mass is 35.5. The van der Waals surface area contributed by atoms with E-state index in [1.807, 2.05) is 31.2 Å². The average Bonchev–Trinajstić information content (AvgIpc) is 2.88. The van der Waals surface area contributed by atoms with Crippen molar-refractivity contribution in [3.8, 4) is 0 Å². The van der Waals surface area contributed by atoms with E-state index >= 15 is 0 Å². The van der Waals surface area contributed by atoms with Crippen molar-refractivity contribution in [3.05, 3.63) is 94.0 Å². The quantitative estimate of drug-likeness (QED) is 0.375. The van der Waals surface area contributed by atoms with Gasteiger partial charge in [0.1, 0.15) is 12.6 Å². The Labute approximate surface area is 228 Å². The number of nitrogens with zero attached hydrogens (tertiary/aromatic N) is 2. The third-order valence-corrected chi connectivity index (χ3v) is 8.45. The number of sulfonamides is 1. The fourth-order valence-corrected chi connectivity index (χ4v) is 5.48. The van der Waals surface area contributed by atoms with E-state index in [1.54, 1.807) is 32.0 Å². The van der Waals surface area contributed by atoms with Crippen molar-refractivity contribution < 1.29 is 18.0 Å². The van der Waals surface area contributed by atoms with Crippen molar-refractivity contribution in [3.63, 3.8) is 0 Å². The molecule has 0 radical (unpaired) electrons. The summed E-state index contributed by atoms with van der Waals surface area (Å²) in [6.07, 6.45) is 0. The molecule has 37 heavy (non-hydrogen) atoms. The molecule has 0 spiro atoms. The van der Waals surface area contributed by atoms with Gasteiger partial charge in [-0.1, -0.05) is 65.7 Å². The number of carbonyl (C=O) groups excluding carboxylic acids is 2. The predicted octanol–water partition coefficient (Wildman–Crippen LogP) is 5.05. The van der Waals surface area contributed by atoms with Crippen LogP contribution in [0.1, 0.15) is 25.0 Å². The minimum absolute atomic E-state index is 0.0103. The van der Waals surface area contributed by atoms with Gasteiger partial charge in [0, 0.05) is 13.1 Å². The van der Waals surface area contributed by atoms with Crippen LogP contribution in [0.3, 0.4) is 0 Å². The Kier molecular flexibility index (Phi) is 9.59. The number of likely N-dealkylation sites (N-methyl/N-ethyl adjacent to an activating group) is 1. The molecule has 3 rings (SSSR count). The molecule has 0 aliphatic carbocycles. The maximum atomic E-state index is 13.8. The molecule has 7 nitrogen and oxygen atoms in total. The highest BCUT2D eigenvalue weighted by molar-refractivity contribution is 7.92. The SMILES string of the molecule is CCNC(=O)[C@H](C)N(Cc1ccccc1C)C(=O)CN(c1ccc(Cl)c(Cl)c1)S(=O)(=O)c1ccccc1. The minimum Gasteiger partial charge on any atom is -0.355 e. The zero-order valence-corrected chi connectivity index (χ0v) is 23.1. The van der Waals surface area contributed by atoms with Gasteiger partial charge in [0.2, 0.25) is 11.8 Å². The fraction of sp³-hybridized carbons (Fsp3) is 0.259. The molecule has 0 fully saturated rings. The normalized spacial score (nSPS) is 12.0. The third kappa shape index (κ3) is 6.83. The van der Waals surface area contributed by atoms with Crippen molar-refractivity contribution in [2.45, 2.75) is 38.3 Å². The van der Waals surface area contributed by atoms with E-state index in [-0.39, 0.29) is 33.1 Å². The first-order valence-electron chi connectivity index (χ1n) is 11.7. The molecule has 0 aliphatic rings. The van der Waals surface area contributed by atoms with Gasteiger partial charge in [0.05, 0.1) is 20.6 Å². The molecule has 0 saturated heterocycles. The summed E-state index contributed by atoms with van der Waals surface area (Å²) in [5.74, 6) is -0.885. The van der Waals surface area contributed by atoms with Crippen LogP contribution in [0.2, 0.25) is 10.0 Å². The number of carbonyl (C=O) groups is 2. The smallest absolute Gasteiger partial charge is 0.264 e. The number of hydrogen-bond acceptors (Lipinski definition) is 4. The number of aryl methyl sites for hydroxylation is 1. The van der Waals surface area contributed by atoms with Gasteiger partial charge in [0.25, 0.3) is 10.0 Å². The lowest BCUT2D eigenvalue weighted by atomic mass is 10.1. The number of halogens is 2. The van der Waals surface area contributed by atoms with Crippen molar-refractivity contribution in [1.82, 2.24) is 10.2 Å². The summed E-state index contributed by atoms with van der Waals surface area (Å²) in [7, 11) is -4.17. The summed E-state index contributed by atoms with van der Waals surface area (Å²) >= 11 is 12.3. The summed E-state index contributed by atoms with van der Waals surface area (Å²) in [5.41, 5.74) is 1.97. The second kappa shape index (κ2) is 12.4. The minimum atomic E-state index is -4.17. The largest absolute Gasteiger partial charge is 0.355 e. The molecule has 196 valence electrons. The zero-order chi connectivity index (χ0) is 27.2. The summed E-state index contributed by atoms with van der Waals surface area (Å²) in [4.78, 5) is 28.0. The number of hydrogen-bond donors (Lipinski definition) is 1. The second-order valence-electron chi connectivity index (χ2n) is 8.44. The van der Waals surface area contributed by atoms with Crippen LogP contribution in [-0.2, 0) is 26.2 Å². The van der Waals surface area contributed by atoms with Crippen LogP contribution in [0.25, 0.3) is 0 Å². The first kappa shape index (κ1) is 28.5. The van der Waals surface area contributed by atoms with E-state index in [0.29, 0.717) is 6.54 Å². The Balaban J connectivity index is 2.05. The van der Waals surface area contributed by atoms with Gasteiger partial charge in [-0.15, -0.1) is 0 Å². The van der Waals surface area contributed by atoms with Crippen molar-refractivity contribution >= 4 is 50.7 Å². The van der Waals surface area contributed by atoms with Crippen LogP contribution in [0.4, 0.5) is 5.69 Å². The topological polar surface area (TPSA) is 86.8 Å². The number of rotatable bonds is 10. The molecule has 0 heterocycles. The molecule has 1 N–H and O–H groups in total. The monoisotopic (exact) mass is 561 g/mol. The molecule has 3 aromatic rings. The Morgan fingerprint density at radius 1 is 0.946 bits per heavy atom. The molecule has 0 bridgehead atoms. The molecule has 0 saturated carbocycles. The van der Waals surface area contributed by atoms with Gasteiger partial charge in [-0.25, -0.2) is 8.42 Å². The van der Waals surface area contributed by atoms with E-state index < -0.39 is 28.5 Å². The van der Waals surface area contributed by atoms with Crippen LogP contribution >= 0.6 is 23.2 Å². The Morgan fingerprint density at radius 3 is 2.22 bits per heavy atom. The van der Waals surface area contributed by atoms with E-state index in [0.717, 1.165) is 15.4 Å². The number of benzene rings is 3. The van der Waals surface area contributed by atoms with E-state index in [2.05, 4.69) is 5.32 Å². The summed E-state index contributed by atoms with van der Waals surface area (Å²) < 4.78 is 28.4. The van der Waals surface area contributed by atoms with Crippen LogP contribution in [0, 0.1) is 6.92 Å². The van der Waals surface area contributed by atoms with E-state index in [9.17, 15) is 18.0 Å². The highest BCUT2D eigenvalue weighted by Gasteiger charge is 2.32. The van der Waals surface area contributed by atoms with Gasteiger partial charge in [-0.3, -0.25) is 13.9 Å². The molecule has 3 aromatic carbocycles. The van der Waals surface area contributed by atoms with Crippen molar-refractivity contribution in [1.29, 1.82) is 0 Å². The summed E-state index contributed by atoms with van der Waals surface area (Å²) in [5, 5.41) is 3.13. The molecule has 2 amide bonds. The third-order valence-electron chi connectivity index (χ3n) is 5.92. The van der Waals surface area contributed by atoms with Gasteiger partial charge in [-0.05, 0) is 62.2 Å². The lowest BCUT2D eigenvalue weighted by molar-refractivity contribution is -0.139.